The smallest absolute Gasteiger partial charge is 0.195 e. The first-order chi connectivity index (χ1) is 7.42. The quantitative estimate of drug-likeness (QED) is 0.712. The maximum atomic E-state index is 12.3. The Labute approximate surface area is 109 Å². The lowest BCUT2D eigenvalue weighted by Crippen LogP contribution is -2.48. The highest BCUT2D eigenvalue weighted by atomic mass is 35.7. The van der Waals surface area contributed by atoms with Crippen LogP contribution >= 0.6 is 33.3 Å². The minimum atomic E-state index is -1.07. The molecule has 0 heterocycles. The molecule has 1 nitrogen and oxygen atoms in total. The fourth-order valence-electron chi connectivity index (χ4n) is 2.11. The summed E-state index contributed by atoms with van der Waals surface area (Å²) in [7, 11) is 6.75. The summed E-state index contributed by atoms with van der Waals surface area (Å²) < 4.78 is -1.07. The Balaban J connectivity index is 2.61. The molecule has 1 aromatic rings. The molecule has 0 N–H and O–H groups in total. The van der Waals surface area contributed by atoms with Gasteiger partial charge in [-0.25, -0.2) is 0 Å². The van der Waals surface area contributed by atoms with Crippen LogP contribution in [0.4, 0.5) is 0 Å². The van der Waals surface area contributed by atoms with Gasteiger partial charge in [-0.05, 0) is 33.6 Å². The predicted octanol–water partition coefficient (Wildman–Crippen LogP) is 4.27. The molecule has 1 aliphatic rings. The molecule has 0 aliphatic heterocycles. The van der Waals surface area contributed by atoms with Gasteiger partial charge in [-0.1, -0.05) is 49.7 Å². The lowest BCUT2D eigenvalue weighted by Gasteiger charge is -2.42. The molecule has 2 rings (SSSR count). The van der Waals surface area contributed by atoms with Crippen molar-refractivity contribution < 1.29 is 4.79 Å². The number of Topliss-reactive ketones (excluding diaryl/α,β-unsaturated/α-hetero) is 1. The van der Waals surface area contributed by atoms with Gasteiger partial charge in [-0.3, -0.25) is 4.79 Å². The van der Waals surface area contributed by atoms with E-state index < -0.39 is 4.21 Å². The van der Waals surface area contributed by atoms with Crippen LogP contribution in [0.2, 0.25) is 0 Å². The number of rotatable bonds is 1. The van der Waals surface area contributed by atoms with E-state index in [1.54, 1.807) is 0 Å². The molecule has 1 unspecified atom stereocenters. The molecule has 86 valence electrons. The second kappa shape index (κ2) is 3.94. The summed E-state index contributed by atoms with van der Waals surface area (Å²) in [6.07, 6.45) is 0.762. The Morgan fingerprint density at radius 3 is 2.56 bits per heavy atom. The molecule has 0 radical (unpaired) electrons. The molecule has 0 aromatic heterocycles. The van der Waals surface area contributed by atoms with Crippen LogP contribution in [0, 0.1) is 5.41 Å². The molecule has 16 heavy (non-hydrogen) atoms. The molecule has 1 aromatic carbocycles. The third-order valence-corrected chi connectivity index (χ3v) is 5.96. The normalized spacial score (nSPS) is 27.6. The van der Waals surface area contributed by atoms with Crippen molar-refractivity contribution in [3.05, 3.63) is 35.4 Å². The molecule has 0 spiro atoms. The first-order valence-corrected chi connectivity index (χ1v) is 7.06. The summed E-state index contributed by atoms with van der Waals surface area (Å²) in [6, 6.07) is 7.59. The number of hydrogen-bond acceptors (Lipinski definition) is 2. The number of carbonyl (C=O) groups excluding carboxylic acids is 1. The summed E-state index contributed by atoms with van der Waals surface area (Å²) in [5, 5.41) is 0. The van der Waals surface area contributed by atoms with Gasteiger partial charge in [0.05, 0.1) is 0 Å². The Hall–Kier alpha value is -0.180. The molecular weight excluding hydrogens is 263 g/mol. The van der Waals surface area contributed by atoms with Gasteiger partial charge in [0.15, 0.2) is 9.99 Å². The SMILES string of the molecule is CC1(C)Cc2ccccc2C(=O)C1(Cl)SCl. The highest BCUT2D eigenvalue weighted by Crippen LogP contribution is 2.54. The fraction of sp³-hybridized carbons (Fsp3) is 0.417. The summed E-state index contributed by atoms with van der Waals surface area (Å²) >= 11 is 6.41. The van der Waals surface area contributed by atoms with E-state index in [1.165, 1.54) is 0 Å². The third kappa shape index (κ3) is 1.59. The Morgan fingerprint density at radius 2 is 1.94 bits per heavy atom. The molecule has 0 bridgehead atoms. The van der Waals surface area contributed by atoms with Gasteiger partial charge in [-0.15, -0.1) is 0 Å². The van der Waals surface area contributed by atoms with E-state index in [9.17, 15) is 4.79 Å². The molecule has 0 saturated carbocycles. The monoisotopic (exact) mass is 274 g/mol. The summed E-state index contributed by atoms with van der Waals surface area (Å²) in [6.45, 7) is 3.95. The zero-order chi connectivity index (χ0) is 12.0. The lowest BCUT2D eigenvalue weighted by molar-refractivity contribution is 0.0898. The van der Waals surface area contributed by atoms with Crippen LogP contribution in [0.15, 0.2) is 24.3 Å². The minimum Gasteiger partial charge on any atom is -0.291 e. The molecule has 0 saturated heterocycles. The van der Waals surface area contributed by atoms with E-state index >= 15 is 0 Å². The average Bonchev–Trinajstić information content (AvgIpc) is 2.25. The number of halogens is 2. The number of alkyl halides is 1. The molecule has 0 fully saturated rings. The first kappa shape index (κ1) is 12.3. The van der Waals surface area contributed by atoms with E-state index in [4.69, 9.17) is 22.3 Å². The van der Waals surface area contributed by atoms with Crippen LogP contribution in [0.25, 0.3) is 0 Å². The molecular formula is C12H12Cl2OS. The van der Waals surface area contributed by atoms with Crippen molar-refractivity contribution in [2.24, 2.45) is 5.41 Å². The summed E-state index contributed by atoms with van der Waals surface area (Å²) in [4.78, 5) is 12.3. The van der Waals surface area contributed by atoms with Crippen LogP contribution in [0.1, 0.15) is 29.8 Å². The van der Waals surface area contributed by atoms with Crippen molar-refractivity contribution in [1.29, 1.82) is 0 Å². The maximum absolute atomic E-state index is 12.3. The zero-order valence-corrected chi connectivity index (χ0v) is 11.4. The van der Waals surface area contributed by atoms with E-state index in [1.807, 2.05) is 38.1 Å². The number of ketones is 1. The number of carbonyl (C=O) groups is 1. The second-order valence-corrected chi connectivity index (χ2v) is 6.74. The van der Waals surface area contributed by atoms with Gasteiger partial charge in [0.2, 0.25) is 0 Å². The number of hydrogen-bond donors (Lipinski definition) is 0. The van der Waals surface area contributed by atoms with Crippen LogP contribution in [0.3, 0.4) is 0 Å². The second-order valence-electron chi connectivity index (χ2n) is 4.72. The van der Waals surface area contributed by atoms with E-state index in [2.05, 4.69) is 0 Å². The average molecular weight is 275 g/mol. The predicted molar refractivity (Wildman–Crippen MR) is 70.3 cm³/mol. The molecule has 1 aliphatic carbocycles. The van der Waals surface area contributed by atoms with Crippen LogP contribution in [-0.2, 0) is 6.42 Å². The van der Waals surface area contributed by atoms with Gasteiger partial charge in [0.1, 0.15) is 0 Å². The van der Waals surface area contributed by atoms with Crippen molar-refractivity contribution in [2.75, 3.05) is 0 Å². The van der Waals surface area contributed by atoms with Crippen molar-refractivity contribution in [3.8, 4) is 0 Å². The third-order valence-electron chi connectivity index (χ3n) is 3.16. The minimum absolute atomic E-state index is 0.0824. The van der Waals surface area contributed by atoms with E-state index in [-0.39, 0.29) is 11.2 Å². The van der Waals surface area contributed by atoms with Crippen LogP contribution in [0.5, 0.6) is 0 Å². The van der Waals surface area contributed by atoms with Gasteiger partial charge in [0.25, 0.3) is 0 Å². The summed E-state index contributed by atoms with van der Waals surface area (Å²) in [5.74, 6) is -0.0824. The molecule has 1 atom stereocenters. The van der Waals surface area contributed by atoms with Crippen molar-refractivity contribution in [1.82, 2.24) is 0 Å². The maximum Gasteiger partial charge on any atom is 0.195 e. The standard InChI is InChI=1S/C12H12Cl2OS/c1-11(2)7-8-5-3-4-6-9(8)10(15)12(11,13)16-14/h3-6H,7H2,1-2H3. The summed E-state index contributed by atoms with van der Waals surface area (Å²) in [5.41, 5.74) is 1.40. The van der Waals surface area contributed by atoms with Crippen molar-refractivity contribution >= 4 is 39.0 Å². The van der Waals surface area contributed by atoms with Gasteiger partial charge < -0.3 is 0 Å². The number of fused-ring (bicyclic) bond motifs is 1. The van der Waals surface area contributed by atoms with Crippen molar-refractivity contribution in [2.45, 2.75) is 24.5 Å². The highest BCUT2D eigenvalue weighted by molar-refractivity contribution is 8.23. The highest BCUT2D eigenvalue weighted by Gasteiger charge is 2.54. The Kier molecular flexibility index (Phi) is 3.02. The Morgan fingerprint density at radius 1 is 1.31 bits per heavy atom. The van der Waals surface area contributed by atoms with Crippen molar-refractivity contribution in [3.63, 3.8) is 0 Å². The van der Waals surface area contributed by atoms with Crippen LogP contribution < -0.4 is 0 Å². The Bertz CT molecular complexity index is 444. The van der Waals surface area contributed by atoms with E-state index in [0.717, 1.165) is 23.0 Å². The first-order valence-electron chi connectivity index (χ1n) is 5.04. The lowest BCUT2D eigenvalue weighted by atomic mass is 9.73. The molecule has 0 amide bonds. The topological polar surface area (TPSA) is 17.1 Å². The van der Waals surface area contributed by atoms with Gasteiger partial charge in [-0.2, -0.15) is 0 Å². The van der Waals surface area contributed by atoms with Gasteiger partial charge >= 0.3 is 0 Å². The van der Waals surface area contributed by atoms with Crippen LogP contribution in [-0.4, -0.2) is 9.99 Å². The zero-order valence-electron chi connectivity index (χ0n) is 9.09. The fourth-order valence-corrected chi connectivity index (χ4v) is 3.57. The number of benzene rings is 1. The van der Waals surface area contributed by atoms with Gasteiger partial charge in [0, 0.05) is 11.0 Å². The van der Waals surface area contributed by atoms with E-state index in [0.29, 0.717) is 5.56 Å². The molecule has 4 heteroatoms. The largest absolute Gasteiger partial charge is 0.291 e.